The predicted octanol–water partition coefficient (Wildman–Crippen LogP) is 4.08. The number of aromatic nitrogens is 1. The summed E-state index contributed by atoms with van der Waals surface area (Å²) in [6.45, 7) is 1.48. The number of nitrogens with zero attached hydrogens (tertiary/aromatic N) is 2. The molecule has 0 bridgehead atoms. The fourth-order valence-electron chi connectivity index (χ4n) is 3.13. The summed E-state index contributed by atoms with van der Waals surface area (Å²) in [4.78, 5) is 6.13. The molecule has 1 aromatic heterocycles. The lowest BCUT2D eigenvalue weighted by Gasteiger charge is -2.33. The minimum absolute atomic E-state index is 0.265. The minimum Gasteiger partial charge on any atom is -0.497 e. The number of benzene rings is 1. The number of rotatable bonds is 6. The average Bonchev–Trinajstić information content (AvgIpc) is 2.67. The Balaban J connectivity index is 1.56. The van der Waals surface area contributed by atoms with Crippen LogP contribution in [0, 0.1) is 0 Å². The van der Waals surface area contributed by atoms with Crippen LogP contribution in [0.25, 0.3) is 0 Å². The molecule has 1 fully saturated rings. The van der Waals surface area contributed by atoms with E-state index >= 15 is 0 Å². The molecule has 0 saturated carbocycles. The van der Waals surface area contributed by atoms with E-state index in [-0.39, 0.29) is 11.8 Å². The monoisotopic (exact) mass is 397 g/mol. The van der Waals surface area contributed by atoms with E-state index < -0.39 is 6.36 Å². The van der Waals surface area contributed by atoms with Gasteiger partial charge in [0.1, 0.15) is 23.1 Å². The number of piperidine rings is 1. The molecule has 0 spiro atoms. The van der Waals surface area contributed by atoms with Gasteiger partial charge in [0, 0.05) is 43.0 Å². The molecule has 1 N–H and O–H groups in total. The fourth-order valence-corrected chi connectivity index (χ4v) is 3.13. The quantitative estimate of drug-likeness (QED) is 0.793. The number of alkyl halides is 3. The molecule has 0 amide bonds. The zero-order chi connectivity index (χ0) is 20.1. The summed E-state index contributed by atoms with van der Waals surface area (Å²) in [6, 6.07) is 8.72. The molecule has 6 nitrogen and oxygen atoms in total. The first-order valence-corrected chi connectivity index (χ1v) is 8.82. The van der Waals surface area contributed by atoms with Gasteiger partial charge in [-0.2, -0.15) is 0 Å². The summed E-state index contributed by atoms with van der Waals surface area (Å²) in [5, 5.41) is 3.49. The Hall–Kier alpha value is -2.84. The molecular weight excluding hydrogens is 375 g/mol. The highest BCUT2D eigenvalue weighted by Gasteiger charge is 2.31. The SMILES string of the molecule is COc1cc(NC2CCN(c3ccc(OC(F)(F)F)cn3)CC2)cc(OC)c1. The third-order valence-corrected chi connectivity index (χ3v) is 4.50. The third kappa shape index (κ3) is 5.34. The summed E-state index contributed by atoms with van der Waals surface area (Å²) in [5.41, 5.74) is 0.918. The van der Waals surface area contributed by atoms with Crippen LogP contribution in [0.1, 0.15) is 12.8 Å². The number of halogens is 3. The summed E-state index contributed by atoms with van der Waals surface area (Å²) in [6.07, 6.45) is -1.89. The Kier molecular flexibility index (Phi) is 6.01. The first-order chi connectivity index (χ1) is 13.4. The van der Waals surface area contributed by atoms with Crippen molar-refractivity contribution in [1.82, 2.24) is 4.98 Å². The molecule has 1 aliphatic rings. The average molecular weight is 397 g/mol. The van der Waals surface area contributed by atoms with E-state index in [4.69, 9.17) is 9.47 Å². The van der Waals surface area contributed by atoms with E-state index in [2.05, 4.69) is 15.0 Å². The van der Waals surface area contributed by atoms with Gasteiger partial charge < -0.3 is 24.4 Å². The lowest BCUT2D eigenvalue weighted by atomic mass is 10.0. The molecule has 3 rings (SSSR count). The second kappa shape index (κ2) is 8.45. The molecule has 1 aromatic carbocycles. The van der Waals surface area contributed by atoms with Crippen molar-refractivity contribution < 1.29 is 27.4 Å². The van der Waals surface area contributed by atoms with Crippen molar-refractivity contribution in [2.24, 2.45) is 0 Å². The second-order valence-corrected chi connectivity index (χ2v) is 6.41. The molecular formula is C19H22F3N3O3. The molecule has 9 heteroatoms. The molecule has 0 radical (unpaired) electrons. The van der Waals surface area contributed by atoms with Crippen molar-refractivity contribution in [2.75, 3.05) is 37.5 Å². The number of hydrogen-bond acceptors (Lipinski definition) is 6. The van der Waals surface area contributed by atoms with Gasteiger partial charge in [-0.25, -0.2) is 4.98 Å². The van der Waals surface area contributed by atoms with Crippen molar-refractivity contribution in [1.29, 1.82) is 0 Å². The smallest absolute Gasteiger partial charge is 0.497 e. The Morgan fingerprint density at radius 3 is 2.14 bits per heavy atom. The molecule has 0 atom stereocenters. The maximum atomic E-state index is 12.2. The largest absolute Gasteiger partial charge is 0.573 e. The number of ether oxygens (including phenoxy) is 3. The Bertz CT molecular complexity index is 754. The Morgan fingerprint density at radius 1 is 1.00 bits per heavy atom. The standard InChI is InChI=1S/C19H22F3N3O3/c1-26-16-9-14(10-17(11-16)27-2)24-13-5-7-25(8-6-13)18-4-3-15(12-23-18)28-19(20,21)22/h3-4,9-13,24H,5-8H2,1-2H3. The summed E-state index contributed by atoms with van der Waals surface area (Å²) in [5.74, 6) is 1.74. The molecule has 28 heavy (non-hydrogen) atoms. The molecule has 1 aliphatic heterocycles. The van der Waals surface area contributed by atoms with Crippen LogP contribution < -0.4 is 24.4 Å². The summed E-state index contributed by atoms with van der Waals surface area (Å²) >= 11 is 0. The number of nitrogens with one attached hydrogen (secondary N) is 1. The number of anilines is 2. The van der Waals surface area contributed by atoms with Crippen molar-refractivity contribution in [2.45, 2.75) is 25.2 Å². The van der Waals surface area contributed by atoms with E-state index in [0.29, 0.717) is 17.3 Å². The number of methoxy groups -OCH3 is 2. The highest BCUT2D eigenvalue weighted by atomic mass is 19.4. The molecule has 152 valence electrons. The van der Waals surface area contributed by atoms with Gasteiger partial charge in [0.2, 0.25) is 0 Å². The van der Waals surface area contributed by atoms with Crippen LogP contribution in [0.2, 0.25) is 0 Å². The van der Waals surface area contributed by atoms with Crippen LogP contribution in [-0.2, 0) is 0 Å². The van der Waals surface area contributed by atoms with Crippen LogP contribution in [0.3, 0.4) is 0 Å². The molecule has 1 saturated heterocycles. The van der Waals surface area contributed by atoms with E-state index in [0.717, 1.165) is 37.8 Å². The predicted molar refractivity (Wildman–Crippen MR) is 99.3 cm³/mol. The lowest BCUT2D eigenvalue weighted by molar-refractivity contribution is -0.274. The van der Waals surface area contributed by atoms with Crippen molar-refractivity contribution in [3.8, 4) is 17.2 Å². The van der Waals surface area contributed by atoms with Crippen LogP contribution in [-0.4, -0.2) is 44.7 Å². The zero-order valence-corrected chi connectivity index (χ0v) is 15.6. The van der Waals surface area contributed by atoms with Gasteiger partial charge in [0.05, 0.1) is 20.4 Å². The topological polar surface area (TPSA) is 55.9 Å². The van der Waals surface area contributed by atoms with Gasteiger partial charge in [0.25, 0.3) is 0 Å². The van der Waals surface area contributed by atoms with E-state index in [1.807, 2.05) is 23.1 Å². The number of pyridine rings is 1. The number of hydrogen-bond donors (Lipinski definition) is 1. The normalized spacial score (nSPS) is 15.2. The Morgan fingerprint density at radius 2 is 1.64 bits per heavy atom. The molecule has 2 aromatic rings. The van der Waals surface area contributed by atoms with Crippen molar-refractivity contribution >= 4 is 11.5 Å². The zero-order valence-electron chi connectivity index (χ0n) is 15.6. The maximum absolute atomic E-state index is 12.2. The van der Waals surface area contributed by atoms with Gasteiger partial charge in [-0.3, -0.25) is 0 Å². The van der Waals surface area contributed by atoms with Gasteiger partial charge in [-0.15, -0.1) is 13.2 Å². The first-order valence-electron chi connectivity index (χ1n) is 8.82. The maximum Gasteiger partial charge on any atom is 0.573 e. The highest BCUT2D eigenvalue weighted by molar-refractivity contribution is 5.54. The van der Waals surface area contributed by atoms with E-state index in [9.17, 15) is 13.2 Å². The minimum atomic E-state index is -4.71. The van der Waals surface area contributed by atoms with Crippen LogP contribution in [0.4, 0.5) is 24.7 Å². The lowest BCUT2D eigenvalue weighted by Crippen LogP contribution is -2.39. The molecule has 0 unspecified atom stereocenters. The molecule has 2 heterocycles. The Labute approximate surface area is 161 Å². The first kappa shape index (κ1) is 19.9. The van der Waals surface area contributed by atoms with Gasteiger partial charge in [-0.05, 0) is 25.0 Å². The van der Waals surface area contributed by atoms with Crippen LogP contribution in [0.5, 0.6) is 17.2 Å². The summed E-state index contributed by atoms with van der Waals surface area (Å²) < 4.78 is 51.1. The van der Waals surface area contributed by atoms with Gasteiger partial charge in [-0.1, -0.05) is 0 Å². The highest BCUT2D eigenvalue weighted by Crippen LogP contribution is 2.29. The summed E-state index contributed by atoms with van der Waals surface area (Å²) in [7, 11) is 3.21. The van der Waals surface area contributed by atoms with E-state index in [1.165, 1.54) is 6.07 Å². The van der Waals surface area contributed by atoms with E-state index in [1.54, 1.807) is 20.3 Å². The van der Waals surface area contributed by atoms with Crippen molar-refractivity contribution in [3.05, 3.63) is 36.5 Å². The van der Waals surface area contributed by atoms with Crippen LogP contribution in [0.15, 0.2) is 36.5 Å². The third-order valence-electron chi connectivity index (χ3n) is 4.50. The second-order valence-electron chi connectivity index (χ2n) is 6.41. The van der Waals surface area contributed by atoms with Gasteiger partial charge >= 0.3 is 6.36 Å². The fraction of sp³-hybridized carbons (Fsp3) is 0.421. The van der Waals surface area contributed by atoms with Crippen molar-refractivity contribution in [3.63, 3.8) is 0 Å². The molecule has 0 aliphatic carbocycles. The van der Waals surface area contributed by atoms with Crippen LogP contribution >= 0.6 is 0 Å². The van der Waals surface area contributed by atoms with Gasteiger partial charge in [0.15, 0.2) is 0 Å².